The summed E-state index contributed by atoms with van der Waals surface area (Å²) < 4.78 is 0. The van der Waals surface area contributed by atoms with E-state index in [9.17, 15) is 0 Å². The fraction of sp³-hybridized carbons (Fsp3) is 0.846. The van der Waals surface area contributed by atoms with Crippen molar-refractivity contribution in [2.75, 3.05) is 6.54 Å². The number of hydrogen-bond acceptors (Lipinski definition) is 1. The Morgan fingerprint density at radius 2 is 2.43 bits per heavy atom. The SMILES string of the molecule is CCC1CCNC(CC2=CCCC2)C1. The molecule has 0 bridgehead atoms. The highest BCUT2D eigenvalue weighted by molar-refractivity contribution is 5.09. The minimum atomic E-state index is 0.790. The molecule has 1 N–H and O–H groups in total. The van der Waals surface area contributed by atoms with Gasteiger partial charge in [0, 0.05) is 6.04 Å². The predicted octanol–water partition coefficient (Wildman–Crippen LogP) is 3.27. The Hall–Kier alpha value is -0.300. The van der Waals surface area contributed by atoms with Crippen LogP contribution < -0.4 is 5.32 Å². The van der Waals surface area contributed by atoms with E-state index in [2.05, 4.69) is 18.3 Å². The highest BCUT2D eigenvalue weighted by Crippen LogP contribution is 2.27. The van der Waals surface area contributed by atoms with Crippen molar-refractivity contribution in [3.63, 3.8) is 0 Å². The van der Waals surface area contributed by atoms with E-state index in [4.69, 9.17) is 0 Å². The molecule has 1 aliphatic carbocycles. The largest absolute Gasteiger partial charge is 0.314 e. The van der Waals surface area contributed by atoms with E-state index in [-0.39, 0.29) is 0 Å². The van der Waals surface area contributed by atoms with Gasteiger partial charge in [-0.15, -0.1) is 0 Å². The second-order valence-corrected chi connectivity index (χ2v) is 4.91. The normalized spacial score (nSPS) is 33.1. The number of hydrogen-bond donors (Lipinski definition) is 1. The van der Waals surface area contributed by atoms with Gasteiger partial charge in [0.05, 0.1) is 0 Å². The minimum absolute atomic E-state index is 0.790. The Kier molecular flexibility index (Phi) is 3.63. The maximum atomic E-state index is 3.67. The molecule has 0 amide bonds. The first-order valence-corrected chi connectivity index (χ1v) is 6.29. The molecule has 1 saturated heterocycles. The number of allylic oxidation sites excluding steroid dienone is 1. The molecule has 1 nitrogen and oxygen atoms in total. The molecule has 2 unspecified atom stereocenters. The molecule has 0 spiro atoms. The molecule has 0 radical (unpaired) electrons. The van der Waals surface area contributed by atoms with Crippen molar-refractivity contribution in [2.24, 2.45) is 5.92 Å². The topological polar surface area (TPSA) is 12.0 Å². The van der Waals surface area contributed by atoms with Gasteiger partial charge in [-0.25, -0.2) is 0 Å². The third kappa shape index (κ3) is 2.60. The van der Waals surface area contributed by atoms with Crippen molar-refractivity contribution in [3.8, 4) is 0 Å². The van der Waals surface area contributed by atoms with Gasteiger partial charge in [0.2, 0.25) is 0 Å². The van der Waals surface area contributed by atoms with Gasteiger partial charge in [-0.1, -0.05) is 25.0 Å². The van der Waals surface area contributed by atoms with Gasteiger partial charge in [-0.2, -0.15) is 0 Å². The molecular formula is C13H23N. The van der Waals surface area contributed by atoms with Gasteiger partial charge in [0.1, 0.15) is 0 Å². The van der Waals surface area contributed by atoms with Gasteiger partial charge in [-0.3, -0.25) is 0 Å². The fourth-order valence-electron chi connectivity index (χ4n) is 2.86. The summed E-state index contributed by atoms with van der Waals surface area (Å²) in [7, 11) is 0. The number of nitrogens with one attached hydrogen (secondary N) is 1. The first-order chi connectivity index (χ1) is 6.88. The van der Waals surface area contributed by atoms with Gasteiger partial charge < -0.3 is 5.32 Å². The lowest BCUT2D eigenvalue weighted by Gasteiger charge is -2.30. The Bertz CT molecular complexity index is 207. The molecule has 0 aromatic rings. The van der Waals surface area contributed by atoms with Crippen molar-refractivity contribution >= 4 is 0 Å². The van der Waals surface area contributed by atoms with Crippen LogP contribution in [-0.4, -0.2) is 12.6 Å². The van der Waals surface area contributed by atoms with Gasteiger partial charge in [-0.05, 0) is 51.0 Å². The Labute approximate surface area is 88.0 Å². The van der Waals surface area contributed by atoms with E-state index in [0.717, 1.165) is 12.0 Å². The number of rotatable bonds is 3. The first-order valence-electron chi connectivity index (χ1n) is 6.29. The van der Waals surface area contributed by atoms with Crippen molar-refractivity contribution < 1.29 is 0 Å². The van der Waals surface area contributed by atoms with E-state index >= 15 is 0 Å². The molecule has 1 heteroatoms. The van der Waals surface area contributed by atoms with Gasteiger partial charge in [0.25, 0.3) is 0 Å². The van der Waals surface area contributed by atoms with E-state index < -0.39 is 0 Å². The average molecular weight is 193 g/mol. The number of piperidine rings is 1. The maximum absolute atomic E-state index is 3.67. The average Bonchev–Trinajstić information content (AvgIpc) is 2.71. The summed E-state index contributed by atoms with van der Waals surface area (Å²) in [6.45, 7) is 3.58. The summed E-state index contributed by atoms with van der Waals surface area (Å²) in [5, 5.41) is 3.67. The summed E-state index contributed by atoms with van der Waals surface area (Å²) in [5.74, 6) is 0.989. The highest BCUT2D eigenvalue weighted by atomic mass is 14.9. The van der Waals surface area contributed by atoms with Crippen LogP contribution in [0.5, 0.6) is 0 Å². The van der Waals surface area contributed by atoms with Gasteiger partial charge in [0.15, 0.2) is 0 Å². The lowest BCUT2D eigenvalue weighted by Crippen LogP contribution is -2.38. The zero-order valence-electron chi connectivity index (χ0n) is 9.39. The van der Waals surface area contributed by atoms with Crippen LogP contribution in [0.25, 0.3) is 0 Å². The molecule has 0 aromatic heterocycles. The Balaban J connectivity index is 1.79. The minimum Gasteiger partial charge on any atom is -0.314 e. The maximum Gasteiger partial charge on any atom is 0.0107 e. The summed E-state index contributed by atoms with van der Waals surface area (Å²) in [6, 6.07) is 0.790. The van der Waals surface area contributed by atoms with Crippen LogP contribution in [0, 0.1) is 5.92 Å². The van der Waals surface area contributed by atoms with Crippen molar-refractivity contribution in [2.45, 2.75) is 57.9 Å². The van der Waals surface area contributed by atoms with Crippen molar-refractivity contribution in [1.29, 1.82) is 0 Å². The second kappa shape index (κ2) is 4.97. The Morgan fingerprint density at radius 1 is 1.50 bits per heavy atom. The van der Waals surface area contributed by atoms with E-state index in [0.29, 0.717) is 0 Å². The lowest BCUT2D eigenvalue weighted by atomic mass is 9.87. The van der Waals surface area contributed by atoms with E-state index in [1.165, 1.54) is 51.5 Å². The van der Waals surface area contributed by atoms with Crippen molar-refractivity contribution in [3.05, 3.63) is 11.6 Å². The van der Waals surface area contributed by atoms with Crippen LogP contribution in [0.15, 0.2) is 11.6 Å². The third-order valence-electron chi connectivity index (χ3n) is 3.82. The van der Waals surface area contributed by atoms with E-state index in [1.807, 2.05) is 0 Å². The van der Waals surface area contributed by atoms with Crippen molar-refractivity contribution in [1.82, 2.24) is 5.32 Å². The molecular weight excluding hydrogens is 170 g/mol. The summed E-state index contributed by atoms with van der Waals surface area (Å²) in [5.41, 5.74) is 1.72. The first kappa shape index (κ1) is 10.2. The molecule has 1 heterocycles. The predicted molar refractivity (Wildman–Crippen MR) is 61.4 cm³/mol. The second-order valence-electron chi connectivity index (χ2n) is 4.91. The highest BCUT2D eigenvalue weighted by Gasteiger charge is 2.21. The van der Waals surface area contributed by atoms with Crippen LogP contribution in [0.4, 0.5) is 0 Å². The molecule has 2 atom stereocenters. The summed E-state index contributed by atoms with van der Waals surface area (Å²) in [4.78, 5) is 0. The third-order valence-corrected chi connectivity index (χ3v) is 3.82. The quantitative estimate of drug-likeness (QED) is 0.678. The van der Waals surface area contributed by atoms with Crippen LogP contribution in [0.1, 0.15) is 51.9 Å². The van der Waals surface area contributed by atoms with Crippen LogP contribution in [0.2, 0.25) is 0 Å². The molecule has 1 fully saturated rings. The standard InChI is InChI=1S/C13H23N/c1-2-11-7-8-14-13(9-11)10-12-5-3-4-6-12/h5,11,13-14H,2-4,6-10H2,1H3. The van der Waals surface area contributed by atoms with Crippen LogP contribution in [0.3, 0.4) is 0 Å². The zero-order chi connectivity index (χ0) is 9.80. The zero-order valence-corrected chi connectivity index (χ0v) is 9.39. The van der Waals surface area contributed by atoms with Crippen LogP contribution in [-0.2, 0) is 0 Å². The van der Waals surface area contributed by atoms with E-state index in [1.54, 1.807) is 5.57 Å². The summed E-state index contributed by atoms with van der Waals surface area (Å²) >= 11 is 0. The van der Waals surface area contributed by atoms with Gasteiger partial charge >= 0.3 is 0 Å². The van der Waals surface area contributed by atoms with Crippen LogP contribution >= 0.6 is 0 Å². The molecule has 0 saturated carbocycles. The molecule has 2 rings (SSSR count). The fourth-order valence-corrected chi connectivity index (χ4v) is 2.86. The molecule has 1 aliphatic heterocycles. The molecule has 80 valence electrons. The lowest BCUT2D eigenvalue weighted by molar-refractivity contribution is 0.293. The smallest absolute Gasteiger partial charge is 0.0107 e. The summed E-state index contributed by atoms with van der Waals surface area (Å²) in [6.07, 6.45) is 12.1. The molecule has 2 aliphatic rings. The monoisotopic (exact) mass is 193 g/mol. The Morgan fingerprint density at radius 3 is 3.14 bits per heavy atom. The molecule has 0 aromatic carbocycles. The molecule has 14 heavy (non-hydrogen) atoms.